The molecule has 1 aliphatic rings. The Bertz CT molecular complexity index is 815. The summed E-state index contributed by atoms with van der Waals surface area (Å²) in [5.41, 5.74) is 0.0244. The van der Waals surface area contributed by atoms with Crippen molar-refractivity contribution in [3.8, 4) is 5.75 Å². The molecule has 1 fully saturated rings. The Hall–Kier alpha value is -1.79. The summed E-state index contributed by atoms with van der Waals surface area (Å²) in [7, 11) is 0. The van der Waals surface area contributed by atoms with Crippen LogP contribution in [0, 0.1) is 0 Å². The molecule has 0 atom stereocenters. The molecule has 0 radical (unpaired) electrons. The zero-order valence-corrected chi connectivity index (χ0v) is 13.1. The van der Waals surface area contributed by atoms with Gasteiger partial charge in [-0.2, -0.15) is 0 Å². The van der Waals surface area contributed by atoms with Gasteiger partial charge in [-0.1, -0.05) is 23.2 Å². The molecule has 3 rings (SSSR count). The van der Waals surface area contributed by atoms with Gasteiger partial charge < -0.3 is 14.0 Å². The van der Waals surface area contributed by atoms with Crippen LogP contribution in [0.25, 0.3) is 10.9 Å². The minimum atomic E-state index is -0.922. The van der Waals surface area contributed by atoms with Crippen LogP contribution >= 0.6 is 23.2 Å². The van der Waals surface area contributed by atoms with E-state index in [9.17, 15) is 9.59 Å². The Labute approximate surface area is 135 Å². The summed E-state index contributed by atoms with van der Waals surface area (Å²) in [6, 6.07) is 0.198. The topological polar surface area (TPSA) is 70.4 Å². The number of hydrogen-bond acceptors (Lipinski definition) is 5. The second-order valence-electron chi connectivity index (χ2n) is 4.87. The van der Waals surface area contributed by atoms with Crippen LogP contribution < -0.4 is 10.2 Å². The van der Waals surface area contributed by atoms with Gasteiger partial charge in [0.25, 0.3) is 0 Å². The van der Waals surface area contributed by atoms with Crippen molar-refractivity contribution < 1.29 is 14.3 Å². The molecule has 2 heterocycles. The molecule has 0 aromatic carbocycles. The number of pyridine rings is 2. The molecule has 116 valence electrons. The van der Waals surface area contributed by atoms with Gasteiger partial charge in [0.05, 0.1) is 23.7 Å². The molecular weight excluding hydrogens is 331 g/mol. The van der Waals surface area contributed by atoms with E-state index in [1.54, 1.807) is 11.5 Å². The highest BCUT2D eigenvalue weighted by atomic mass is 35.5. The number of carbonyl (C=O) groups is 1. The van der Waals surface area contributed by atoms with Crippen LogP contribution in [0.3, 0.4) is 0 Å². The Morgan fingerprint density at radius 3 is 2.82 bits per heavy atom. The van der Waals surface area contributed by atoms with Crippen LogP contribution in [0.15, 0.2) is 17.2 Å². The largest absolute Gasteiger partial charge is 0.514 e. The van der Waals surface area contributed by atoms with Crippen LogP contribution in [0.4, 0.5) is 4.79 Å². The molecule has 0 spiro atoms. The third kappa shape index (κ3) is 2.64. The van der Waals surface area contributed by atoms with Gasteiger partial charge in [0, 0.05) is 12.2 Å². The molecule has 1 saturated carbocycles. The molecule has 22 heavy (non-hydrogen) atoms. The number of carbonyl (C=O) groups excluding carboxylic acids is 1. The summed E-state index contributed by atoms with van der Waals surface area (Å²) in [5.74, 6) is -0.113. The highest BCUT2D eigenvalue weighted by Crippen LogP contribution is 2.40. The first kappa shape index (κ1) is 15.1. The number of fused-ring (bicyclic) bond motifs is 1. The lowest BCUT2D eigenvalue weighted by molar-refractivity contribution is 0.104. The smallest absolute Gasteiger partial charge is 0.434 e. The maximum atomic E-state index is 12.4. The third-order valence-corrected chi connectivity index (χ3v) is 4.07. The van der Waals surface area contributed by atoms with E-state index >= 15 is 0 Å². The lowest BCUT2D eigenvalue weighted by Gasteiger charge is -2.14. The molecule has 0 bridgehead atoms. The molecule has 6 nitrogen and oxygen atoms in total. The Kier molecular flexibility index (Phi) is 3.97. The second kappa shape index (κ2) is 5.78. The monoisotopic (exact) mass is 342 g/mol. The lowest BCUT2D eigenvalue weighted by atomic mass is 10.2. The fourth-order valence-electron chi connectivity index (χ4n) is 2.21. The van der Waals surface area contributed by atoms with Crippen molar-refractivity contribution in [3.63, 3.8) is 0 Å². The predicted molar refractivity (Wildman–Crippen MR) is 81.9 cm³/mol. The third-order valence-electron chi connectivity index (χ3n) is 3.33. The van der Waals surface area contributed by atoms with Crippen molar-refractivity contribution in [3.05, 3.63) is 32.8 Å². The number of aromatic nitrogens is 2. The van der Waals surface area contributed by atoms with E-state index < -0.39 is 11.6 Å². The summed E-state index contributed by atoms with van der Waals surface area (Å²) < 4.78 is 11.5. The molecule has 8 heteroatoms. The molecular formula is C14H12Cl2N2O4. The predicted octanol–water partition coefficient (Wildman–Crippen LogP) is 3.57. The summed E-state index contributed by atoms with van der Waals surface area (Å²) in [6.45, 7) is 1.81. The number of ether oxygens (including phenoxy) is 2. The van der Waals surface area contributed by atoms with Gasteiger partial charge in [-0.3, -0.25) is 4.79 Å². The first-order valence-corrected chi connectivity index (χ1v) is 7.52. The molecule has 0 amide bonds. The van der Waals surface area contributed by atoms with E-state index in [-0.39, 0.29) is 34.0 Å². The molecule has 2 aromatic heterocycles. The standard InChI is InChI=1S/C14H12Cl2N2O4/c1-2-21-14(20)22-9-6-18(7-3-4-7)11-8(12(9)19)5-17-13(16)10(11)15/h5-7H,2-4H2,1H3. The maximum absolute atomic E-state index is 12.4. The van der Waals surface area contributed by atoms with Crippen molar-refractivity contribution in [1.82, 2.24) is 9.55 Å². The summed E-state index contributed by atoms with van der Waals surface area (Å²) in [5, 5.41) is 0.593. The van der Waals surface area contributed by atoms with Crippen molar-refractivity contribution in [1.29, 1.82) is 0 Å². The molecule has 1 aliphatic carbocycles. The van der Waals surface area contributed by atoms with Crippen molar-refractivity contribution in [2.24, 2.45) is 0 Å². The van der Waals surface area contributed by atoms with Crippen LogP contribution in [0.1, 0.15) is 25.8 Å². The molecule has 0 saturated heterocycles. The number of rotatable bonds is 3. The first-order valence-electron chi connectivity index (χ1n) is 6.76. The first-order chi connectivity index (χ1) is 10.5. The van der Waals surface area contributed by atoms with Gasteiger partial charge >= 0.3 is 6.16 Å². The quantitative estimate of drug-likeness (QED) is 0.629. The zero-order valence-electron chi connectivity index (χ0n) is 11.6. The SMILES string of the molecule is CCOC(=O)Oc1cn(C2CC2)c2c(Cl)c(Cl)ncc2c1=O. The van der Waals surface area contributed by atoms with Crippen LogP contribution in [-0.4, -0.2) is 22.3 Å². The number of nitrogens with zero attached hydrogens (tertiary/aromatic N) is 2. The summed E-state index contributed by atoms with van der Waals surface area (Å²) >= 11 is 12.1. The van der Waals surface area contributed by atoms with Crippen molar-refractivity contribution in [2.75, 3.05) is 6.61 Å². The molecule has 0 aliphatic heterocycles. The Morgan fingerprint density at radius 1 is 1.45 bits per heavy atom. The van der Waals surface area contributed by atoms with Gasteiger partial charge in [-0.15, -0.1) is 0 Å². The molecule has 0 N–H and O–H groups in total. The van der Waals surface area contributed by atoms with Crippen LogP contribution in [0.2, 0.25) is 10.2 Å². The van der Waals surface area contributed by atoms with E-state index in [2.05, 4.69) is 4.98 Å². The molecule has 0 unspecified atom stereocenters. The Balaban J connectivity index is 2.20. The van der Waals surface area contributed by atoms with Gasteiger partial charge in [-0.25, -0.2) is 9.78 Å². The van der Waals surface area contributed by atoms with E-state index in [1.807, 2.05) is 0 Å². The van der Waals surface area contributed by atoms with Gasteiger partial charge in [0.2, 0.25) is 5.43 Å². The van der Waals surface area contributed by atoms with E-state index in [0.717, 1.165) is 12.8 Å². The number of halogens is 2. The average Bonchev–Trinajstić information content (AvgIpc) is 3.30. The summed E-state index contributed by atoms with van der Waals surface area (Å²) in [4.78, 5) is 27.8. The van der Waals surface area contributed by atoms with E-state index in [0.29, 0.717) is 5.52 Å². The van der Waals surface area contributed by atoms with E-state index in [1.165, 1.54) is 12.4 Å². The highest BCUT2D eigenvalue weighted by molar-refractivity contribution is 6.44. The average molecular weight is 343 g/mol. The van der Waals surface area contributed by atoms with Crippen LogP contribution in [0.5, 0.6) is 5.75 Å². The van der Waals surface area contributed by atoms with Crippen molar-refractivity contribution in [2.45, 2.75) is 25.8 Å². The van der Waals surface area contributed by atoms with Gasteiger partial charge in [0.15, 0.2) is 5.75 Å². The van der Waals surface area contributed by atoms with Crippen LogP contribution in [-0.2, 0) is 4.74 Å². The fraction of sp³-hybridized carbons (Fsp3) is 0.357. The fourth-order valence-corrected chi connectivity index (χ4v) is 2.59. The van der Waals surface area contributed by atoms with Gasteiger partial charge in [0.1, 0.15) is 10.2 Å². The maximum Gasteiger partial charge on any atom is 0.514 e. The number of hydrogen-bond donors (Lipinski definition) is 0. The highest BCUT2D eigenvalue weighted by Gasteiger charge is 2.28. The molecule has 2 aromatic rings. The normalized spacial score (nSPS) is 14.1. The zero-order chi connectivity index (χ0) is 15.9. The lowest BCUT2D eigenvalue weighted by Crippen LogP contribution is -2.18. The van der Waals surface area contributed by atoms with Gasteiger partial charge in [-0.05, 0) is 19.8 Å². The second-order valence-corrected chi connectivity index (χ2v) is 5.61. The van der Waals surface area contributed by atoms with E-state index in [4.69, 9.17) is 32.7 Å². The van der Waals surface area contributed by atoms with Crippen molar-refractivity contribution >= 4 is 40.3 Å². The summed E-state index contributed by atoms with van der Waals surface area (Å²) in [6.07, 6.45) is 3.79. The minimum Gasteiger partial charge on any atom is -0.434 e. The minimum absolute atomic E-state index is 0.113. The Morgan fingerprint density at radius 2 is 2.18 bits per heavy atom.